The van der Waals surface area contributed by atoms with Crippen LogP contribution in [0.1, 0.15) is 12.8 Å². The van der Waals surface area contributed by atoms with Crippen LogP contribution in [0.15, 0.2) is 0 Å². The smallest absolute Gasteiger partial charge is 0.614 e. The molecule has 0 aromatic rings. The molecule has 1 aliphatic heterocycles. The molecule has 0 atom stereocenters. The predicted molar refractivity (Wildman–Crippen MR) is 44.3 cm³/mol. The van der Waals surface area contributed by atoms with Gasteiger partial charge in [-0.1, -0.05) is 23.3 Å². The second-order valence-electron chi connectivity index (χ2n) is 2.88. The quantitative estimate of drug-likeness (QED) is 0.516. The van der Waals surface area contributed by atoms with Crippen molar-refractivity contribution in [1.82, 2.24) is 0 Å². The van der Waals surface area contributed by atoms with E-state index in [1.54, 1.807) is 0 Å². The van der Waals surface area contributed by atoms with E-state index in [1.165, 1.54) is 18.1 Å². The second-order valence-corrected chi connectivity index (χ2v) is 7.64. The fraction of sp³-hybridized carbons (Fsp3) is 1.00. The number of hydrogen-bond acceptors (Lipinski definition) is 2. The van der Waals surface area contributed by atoms with E-state index < -0.39 is 29.3 Å². The predicted octanol–water partition coefficient (Wildman–Crippen LogP) is 1.55. The zero-order valence-electron chi connectivity index (χ0n) is 6.80. The third-order valence-electron chi connectivity index (χ3n) is 1.78. The number of rotatable bonds is 0. The molecule has 0 unspecified atom stereocenters. The Kier molecular flexibility index (Phi) is 4.34. The summed E-state index contributed by atoms with van der Waals surface area (Å²) in [5.74, 6) is 4.41. The van der Waals surface area contributed by atoms with Gasteiger partial charge in [0.25, 0.3) is 0 Å². The fourth-order valence-corrected chi connectivity index (χ4v) is 6.06. The van der Waals surface area contributed by atoms with E-state index in [4.69, 9.17) is 6.63 Å². The first kappa shape index (κ1) is 9.08. The van der Waals surface area contributed by atoms with Crippen LogP contribution in [0.3, 0.4) is 0 Å². The molecule has 56 valence electrons. The van der Waals surface area contributed by atoms with Crippen molar-refractivity contribution in [2.24, 2.45) is 0 Å². The molecule has 0 aromatic carbocycles. The Morgan fingerprint density at radius 1 is 1.20 bits per heavy atom. The monoisotopic (exact) mass is 172 g/mol. The van der Waals surface area contributed by atoms with Gasteiger partial charge < -0.3 is 6.63 Å². The van der Waals surface area contributed by atoms with Gasteiger partial charge in [0, 0.05) is 6.61 Å². The van der Waals surface area contributed by atoms with Crippen molar-refractivity contribution in [3.8, 4) is 0 Å². The first-order valence-electron chi connectivity index (χ1n) is 4.06. The van der Waals surface area contributed by atoms with E-state index in [0.717, 1.165) is 6.61 Å². The van der Waals surface area contributed by atoms with Gasteiger partial charge in [-0.05, 0) is 6.42 Å². The average molecular weight is 172 g/mol. The van der Waals surface area contributed by atoms with Gasteiger partial charge in [0.05, 0.1) is 0 Å². The van der Waals surface area contributed by atoms with Crippen LogP contribution >= 0.6 is 0 Å². The molecule has 0 N–H and O–H groups in total. The van der Waals surface area contributed by atoms with Gasteiger partial charge in [-0.3, -0.25) is 0 Å². The van der Waals surface area contributed by atoms with Gasteiger partial charge in [-0.25, -0.2) is 0 Å². The Hall–Kier alpha value is 0.985. The summed E-state index contributed by atoms with van der Waals surface area (Å²) >= 11 is -1.95. The van der Waals surface area contributed by atoms with E-state index >= 15 is 0 Å². The highest BCUT2D eigenvalue weighted by molar-refractivity contribution is 6.61. The minimum Gasteiger partial charge on any atom is -0.614 e. The molecule has 0 amide bonds. The molecule has 0 aromatic heterocycles. The van der Waals surface area contributed by atoms with E-state index in [1.807, 2.05) is 0 Å². The summed E-state index contributed by atoms with van der Waals surface area (Å²) in [7, 11) is 0. The van der Waals surface area contributed by atoms with Gasteiger partial charge in [-0.15, -0.1) is 0 Å². The van der Waals surface area contributed by atoms with Crippen LogP contribution in [0.5, 0.6) is 0 Å². The zero-order chi connectivity index (χ0) is 7.40. The fourth-order valence-electron chi connectivity index (χ4n) is 1.22. The maximum Gasteiger partial charge on any atom is 0.640 e. The van der Waals surface area contributed by atoms with Crippen molar-refractivity contribution in [3.63, 3.8) is 0 Å². The van der Waals surface area contributed by atoms with Crippen LogP contribution in [0.25, 0.3) is 0 Å². The largest absolute Gasteiger partial charge is 0.640 e. The van der Waals surface area contributed by atoms with Crippen LogP contribution in [0, 0.1) is 0 Å². The highest BCUT2D eigenvalue weighted by atomic mass is 27.3. The Morgan fingerprint density at radius 2 is 2.00 bits per heavy atom. The number of hydrogen-bond donors (Lipinski definition) is 0. The summed E-state index contributed by atoms with van der Waals surface area (Å²) in [6.07, 6.45) is 2.56. The molecule has 0 saturated carbocycles. The lowest BCUT2D eigenvalue weighted by molar-refractivity contribution is 0.257. The topological polar surface area (TPSA) is 18.5 Å². The van der Waals surface area contributed by atoms with Gasteiger partial charge in [0.2, 0.25) is 0 Å². The Balaban J connectivity index is 2.25. The SMILES string of the molecule is [CH3][Al]1[CH2]CCC[O][Al]([CH3])[O]1. The molecule has 1 fully saturated rings. The molecule has 2 nitrogen and oxygen atoms in total. The first-order valence-corrected chi connectivity index (χ1v) is 8.60. The normalized spacial score (nSPS) is 22.2. The molecule has 1 saturated heterocycles. The van der Waals surface area contributed by atoms with Gasteiger partial charge in [0.15, 0.2) is 0 Å². The van der Waals surface area contributed by atoms with Gasteiger partial charge in [-0.2, -0.15) is 0 Å². The lowest BCUT2D eigenvalue weighted by atomic mass is 10.4. The van der Waals surface area contributed by atoms with Gasteiger partial charge >= 0.3 is 29.3 Å². The second kappa shape index (κ2) is 4.78. The van der Waals surface area contributed by atoms with Crippen molar-refractivity contribution < 1.29 is 6.63 Å². The summed E-state index contributed by atoms with van der Waals surface area (Å²) in [6, 6.07) is 0. The summed E-state index contributed by atoms with van der Waals surface area (Å²) in [5.41, 5.74) is 0. The summed E-state index contributed by atoms with van der Waals surface area (Å²) in [6.45, 7) is 0.939. The van der Waals surface area contributed by atoms with E-state index in [0.29, 0.717) is 0 Å². The Bertz CT molecular complexity index is 89.7. The molecule has 0 spiro atoms. The molecule has 1 heterocycles. The first-order chi connectivity index (χ1) is 4.79. The molecule has 1 aliphatic rings. The van der Waals surface area contributed by atoms with Crippen LogP contribution < -0.4 is 0 Å². The molecule has 0 radical (unpaired) electrons. The highest BCUT2D eigenvalue weighted by Crippen LogP contribution is 2.08. The van der Waals surface area contributed by atoms with E-state index in [2.05, 4.69) is 11.6 Å². The minimum absolute atomic E-state index is 0.790. The molecular formula is C6H14Al2O2. The highest BCUT2D eigenvalue weighted by Gasteiger charge is 2.24. The van der Waals surface area contributed by atoms with E-state index in [-0.39, 0.29) is 0 Å². The van der Waals surface area contributed by atoms with Crippen LogP contribution in [0.4, 0.5) is 0 Å². The minimum atomic E-state index is -1.16. The van der Waals surface area contributed by atoms with Crippen molar-refractivity contribution in [1.29, 1.82) is 0 Å². The van der Waals surface area contributed by atoms with E-state index in [9.17, 15) is 0 Å². The summed E-state index contributed by atoms with van der Waals surface area (Å²) < 4.78 is 11.3. The lowest BCUT2D eigenvalue weighted by Crippen LogP contribution is -2.29. The molecule has 1 rings (SSSR count). The maximum absolute atomic E-state index is 5.75. The van der Waals surface area contributed by atoms with Crippen LogP contribution in [0.2, 0.25) is 16.9 Å². The Morgan fingerprint density at radius 3 is 2.80 bits per heavy atom. The molecule has 0 bridgehead atoms. The summed E-state index contributed by atoms with van der Waals surface area (Å²) in [5, 5.41) is 1.35. The van der Waals surface area contributed by atoms with Crippen molar-refractivity contribution in [2.45, 2.75) is 29.7 Å². The summed E-state index contributed by atoms with van der Waals surface area (Å²) in [4.78, 5) is 0. The van der Waals surface area contributed by atoms with Crippen molar-refractivity contribution in [3.05, 3.63) is 0 Å². The average Bonchev–Trinajstić information content (AvgIpc) is 1.83. The van der Waals surface area contributed by atoms with Crippen LogP contribution in [-0.2, 0) is 6.63 Å². The third kappa shape index (κ3) is 3.40. The molecule has 0 aliphatic carbocycles. The Labute approximate surface area is 72.3 Å². The third-order valence-corrected chi connectivity index (χ3v) is 7.10. The maximum atomic E-state index is 5.75. The molecular weight excluding hydrogens is 158 g/mol. The zero-order valence-corrected chi connectivity index (χ0v) is 9.11. The molecule has 4 heteroatoms. The molecule has 10 heavy (non-hydrogen) atoms. The van der Waals surface area contributed by atoms with Crippen molar-refractivity contribution >= 4 is 29.3 Å². The lowest BCUT2D eigenvalue weighted by Gasteiger charge is -2.17. The van der Waals surface area contributed by atoms with Crippen molar-refractivity contribution in [2.75, 3.05) is 6.61 Å². The van der Waals surface area contributed by atoms with Gasteiger partial charge in [0.1, 0.15) is 0 Å². The van der Waals surface area contributed by atoms with Crippen LogP contribution in [-0.4, -0.2) is 35.9 Å². The standard InChI is InChI=1S/C4H8O.2CH3.2Al.O/c1-2-3-4-5;;;;;/h1-4H2;2*1H3;;;/q-1;;;;+1;.